The van der Waals surface area contributed by atoms with Crippen molar-refractivity contribution in [2.45, 2.75) is 6.92 Å². The van der Waals surface area contributed by atoms with Gasteiger partial charge in [-0.25, -0.2) is 0 Å². The monoisotopic (exact) mass is 334 g/mol. The lowest BCUT2D eigenvalue weighted by molar-refractivity contribution is -0.116. The van der Waals surface area contributed by atoms with E-state index in [1.165, 1.54) is 11.8 Å². The Hall–Kier alpha value is -3.41. The maximum absolute atomic E-state index is 12.3. The summed E-state index contributed by atoms with van der Waals surface area (Å²) < 4.78 is 0. The lowest BCUT2D eigenvalue weighted by Gasteiger charge is -2.15. The van der Waals surface area contributed by atoms with Crippen LogP contribution in [0.25, 0.3) is 11.3 Å². The van der Waals surface area contributed by atoms with Crippen LogP contribution in [0.4, 0.5) is 11.4 Å². The molecular formula is C19H18N4O2. The van der Waals surface area contributed by atoms with E-state index in [2.05, 4.69) is 15.5 Å². The Balaban J connectivity index is 1.68. The number of aromatic amines is 1. The van der Waals surface area contributed by atoms with E-state index in [0.29, 0.717) is 11.3 Å². The average molecular weight is 334 g/mol. The first kappa shape index (κ1) is 16.4. The molecule has 126 valence electrons. The lowest BCUT2D eigenvalue weighted by atomic mass is 10.1. The number of benzene rings is 2. The number of nitrogens with zero attached hydrogens (tertiary/aromatic N) is 2. The molecule has 6 heteroatoms. The largest absolute Gasteiger partial charge is 0.322 e. The maximum atomic E-state index is 12.3. The number of nitrogens with one attached hydrogen (secondary N) is 2. The van der Waals surface area contributed by atoms with Crippen molar-refractivity contribution in [2.24, 2.45) is 0 Å². The Labute approximate surface area is 145 Å². The van der Waals surface area contributed by atoms with Crippen LogP contribution in [0.1, 0.15) is 17.3 Å². The van der Waals surface area contributed by atoms with Crippen LogP contribution < -0.4 is 10.2 Å². The zero-order chi connectivity index (χ0) is 17.8. The Morgan fingerprint density at radius 1 is 1.00 bits per heavy atom. The number of carbonyl (C=O) groups excluding carboxylic acids is 2. The molecule has 2 amide bonds. The van der Waals surface area contributed by atoms with E-state index in [0.717, 1.165) is 16.9 Å². The third-order valence-corrected chi connectivity index (χ3v) is 3.94. The highest BCUT2D eigenvalue weighted by Crippen LogP contribution is 2.20. The highest BCUT2D eigenvalue weighted by atomic mass is 16.2. The Bertz CT molecular complexity index is 869. The van der Waals surface area contributed by atoms with Gasteiger partial charge in [-0.2, -0.15) is 5.10 Å². The summed E-state index contributed by atoms with van der Waals surface area (Å²) in [6.07, 6.45) is 1.69. The molecular weight excluding hydrogens is 316 g/mol. The van der Waals surface area contributed by atoms with Crippen molar-refractivity contribution in [2.75, 3.05) is 17.3 Å². The van der Waals surface area contributed by atoms with Gasteiger partial charge in [0.1, 0.15) is 0 Å². The minimum Gasteiger partial charge on any atom is -0.322 e. The third-order valence-electron chi connectivity index (χ3n) is 3.94. The number of carbonyl (C=O) groups is 2. The summed E-state index contributed by atoms with van der Waals surface area (Å²) in [5, 5.41) is 9.67. The van der Waals surface area contributed by atoms with E-state index in [4.69, 9.17) is 0 Å². The summed E-state index contributed by atoms with van der Waals surface area (Å²) >= 11 is 0. The molecule has 1 heterocycles. The SMILES string of the molecule is CC(=O)N(C)c1ccc(C(=O)Nc2ccc(-c3ccn[nH]3)cc2)cc1. The van der Waals surface area contributed by atoms with E-state index in [-0.39, 0.29) is 11.8 Å². The summed E-state index contributed by atoms with van der Waals surface area (Å²) in [5.74, 6) is -0.263. The van der Waals surface area contributed by atoms with Gasteiger partial charge in [0.25, 0.3) is 5.91 Å². The molecule has 2 N–H and O–H groups in total. The molecule has 2 aromatic carbocycles. The van der Waals surface area contributed by atoms with Crippen LogP contribution in [-0.4, -0.2) is 29.1 Å². The van der Waals surface area contributed by atoms with Crippen LogP contribution in [0.3, 0.4) is 0 Å². The third kappa shape index (κ3) is 3.74. The topological polar surface area (TPSA) is 78.1 Å². The number of hydrogen-bond acceptors (Lipinski definition) is 3. The van der Waals surface area contributed by atoms with Crippen LogP contribution in [0.15, 0.2) is 60.8 Å². The fourth-order valence-corrected chi connectivity index (χ4v) is 2.37. The lowest BCUT2D eigenvalue weighted by Crippen LogP contribution is -2.22. The van der Waals surface area contributed by atoms with Gasteiger partial charge in [-0.3, -0.25) is 14.7 Å². The molecule has 0 aliphatic carbocycles. The summed E-state index contributed by atoms with van der Waals surface area (Å²) in [5.41, 5.74) is 3.89. The van der Waals surface area contributed by atoms with Crippen LogP contribution in [0.2, 0.25) is 0 Å². The predicted molar refractivity (Wildman–Crippen MR) is 97.5 cm³/mol. The van der Waals surface area contributed by atoms with Crippen molar-refractivity contribution >= 4 is 23.2 Å². The number of hydrogen-bond donors (Lipinski definition) is 2. The van der Waals surface area contributed by atoms with Gasteiger partial charge in [0.2, 0.25) is 5.91 Å². The van der Waals surface area contributed by atoms with Crippen LogP contribution in [0, 0.1) is 0 Å². The molecule has 3 rings (SSSR count). The van der Waals surface area contributed by atoms with Gasteiger partial charge >= 0.3 is 0 Å². The molecule has 0 radical (unpaired) electrons. The fourth-order valence-electron chi connectivity index (χ4n) is 2.37. The molecule has 0 atom stereocenters. The molecule has 3 aromatic rings. The van der Waals surface area contributed by atoms with Gasteiger partial charge in [-0.1, -0.05) is 12.1 Å². The van der Waals surface area contributed by atoms with Gasteiger partial charge in [-0.15, -0.1) is 0 Å². The predicted octanol–water partition coefficient (Wildman–Crippen LogP) is 3.31. The quantitative estimate of drug-likeness (QED) is 0.768. The fraction of sp³-hybridized carbons (Fsp3) is 0.105. The zero-order valence-electron chi connectivity index (χ0n) is 14.0. The molecule has 0 aliphatic rings. The number of amides is 2. The van der Waals surface area contributed by atoms with E-state index < -0.39 is 0 Å². The Morgan fingerprint density at radius 2 is 1.68 bits per heavy atom. The maximum Gasteiger partial charge on any atom is 0.255 e. The first-order valence-corrected chi connectivity index (χ1v) is 7.80. The molecule has 0 unspecified atom stereocenters. The first-order chi connectivity index (χ1) is 12.0. The van der Waals surface area contributed by atoms with Gasteiger partial charge < -0.3 is 10.2 Å². The van der Waals surface area contributed by atoms with Crippen molar-refractivity contribution in [1.82, 2.24) is 10.2 Å². The Morgan fingerprint density at radius 3 is 2.24 bits per heavy atom. The van der Waals surface area contributed by atoms with Crippen molar-refractivity contribution in [3.63, 3.8) is 0 Å². The molecule has 0 saturated heterocycles. The highest BCUT2D eigenvalue weighted by molar-refractivity contribution is 6.04. The van der Waals surface area contributed by atoms with Crippen molar-refractivity contribution in [3.05, 3.63) is 66.4 Å². The highest BCUT2D eigenvalue weighted by Gasteiger charge is 2.09. The minimum absolute atomic E-state index is 0.0606. The summed E-state index contributed by atoms with van der Waals surface area (Å²) in [7, 11) is 1.69. The van der Waals surface area contributed by atoms with Gasteiger partial charge in [0.05, 0.1) is 5.69 Å². The van der Waals surface area contributed by atoms with Crippen LogP contribution in [0.5, 0.6) is 0 Å². The number of aromatic nitrogens is 2. The molecule has 0 bridgehead atoms. The van der Waals surface area contributed by atoms with Crippen LogP contribution in [-0.2, 0) is 4.79 Å². The summed E-state index contributed by atoms with van der Waals surface area (Å²) in [4.78, 5) is 25.2. The van der Waals surface area contributed by atoms with Crippen molar-refractivity contribution < 1.29 is 9.59 Å². The standard InChI is InChI=1S/C19H18N4O2/c1-13(24)23(2)17-9-5-15(6-10-17)19(25)21-16-7-3-14(4-8-16)18-11-12-20-22-18/h3-12H,1-2H3,(H,20,22)(H,21,25). The van der Waals surface area contributed by atoms with Gasteiger partial charge in [-0.05, 0) is 48.0 Å². The average Bonchev–Trinajstić information content (AvgIpc) is 3.16. The second-order valence-electron chi connectivity index (χ2n) is 5.63. The second-order valence-corrected chi connectivity index (χ2v) is 5.63. The second kappa shape index (κ2) is 7.00. The Kier molecular flexibility index (Phi) is 4.61. The van der Waals surface area contributed by atoms with E-state index in [1.807, 2.05) is 30.3 Å². The normalized spacial score (nSPS) is 10.3. The van der Waals surface area contributed by atoms with Crippen molar-refractivity contribution in [1.29, 1.82) is 0 Å². The number of anilines is 2. The summed E-state index contributed by atoms with van der Waals surface area (Å²) in [6.45, 7) is 1.49. The minimum atomic E-state index is -0.202. The van der Waals surface area contributed by atoms with Crippen LogP contribution >= 0.6 is 0 Å². The van der Waals surface area contributed by atoms with E-state index in [1.54, 1.807) is 37.5 Å². The summed E-state index contributed by atoms with van der Waals surface area (Å²) in [6, 6.07) is 16.3. The molecule has 6 nitrogen and oxygen atoms in total. The molecule has 0 spiro atoms. The zero-order valence-corrected chi connectivity index (χ0v) is 14.0. The molecule has 1 aromatic heterocycles. The first-order valence-electron chi connectivity index (χ1n) is 7.80. The van der Waals surface area contributed by atoms with Crippen molar-refractivity contribution in [3.8, 4) is 11.3 Å². The van der Waals surface area contributed by atoms with Gasteiger partial charge in [0, 0.05) is 37.1 Å². The number of H-pyrrole nitrogens is 1. The molecule has 0 fully saturated rings. The molecule has 25 heavy (non-hydrogen) atoms. The molecule has 0 saturated carbocycles. The van der Waals surface area contributed by atoms with Gasteiger partial charge in [0.15, 0.2) is 0 Å². The molecule has 0 aliphatic heterocycles. The number of rotatable bonds is 4. The van der Waals surface area contributed by atoms with E-state index >= 15 is 0 Å². The smallest absolute Gasteiger partial charge is 0.255 e. The van der Waals surface area contributed by atoms with E-state index in [9.17, 15) is 9.59 Å².